The third-order valence-corrected chi connectivity index (χ3v) is 7.00. The largest absolute Gasteiger partial charge is 0.353 e. The predicted octanol–water partition coefficient (Wildman–Crippen LogP) is 4.36. The van der Waals surface area contributed by atoms with Gasteiger partial charge in [0.25, 0.3) is 5.56 Å². The number of aromatic amines is 1. The minimum Gasteiger partial charge on any atom is -0.353 e. The molecule has 0 atom stereocenters. The van der Waals surface area contributed by atoms with Crippen molar-refractivity contribution < 1.29 is 17.2 Å². The highest BCUT2D eigenvalue weighted by molar-refractivity contribution is 7.90. The highest BCUT2D eigenvalue weighted by atomic mass is 32.2. The van der Waals surface area contributed by atoms with Gasteiger partial charge in [-0.05, 0) is 36.4 Å². The van der Waals surface area contributed by atoms with Gasteiger partial charge >= 0.3 is 0 Å². The number of anilines is 2. The number of H-pyrrole nitrogens is 1. The maximum absolute atomic E-state index is 14.4. The van der Waals surface area contributed by atoms with E-state index in [0.29, 0.717) is 33.4 Å². The Kier molecular flexibility index (Phi) is 5.51. The summed E-state index contributed by atoms with van der Waals surface area (Å²) in [7, 11) is -0.218. The van der Waals surface area contributed by atoms with Crippen molar-refractivity contribution in [2.24, 2.45) is 14.1 Å². The van der Waals surface area contributed by atoms with Crippen molar-refractivity contribution in [3.05, 3.63) is 83.0 Å². The number of rotatable bonds is 5. The number of aromatic nitrogens is 4. The first kappa shape index (κ1) is 23.5. The predicted molar refractivity (Wildman–Crippen MR) is 134 cm³/mol. The van der Waals surface area contributed by atoms with Gasteiger partial charge in [-0.2, -0.15) is 5.10 Å². The van der Waals surface area contributed by atoms with Crippen LogP contribution in [0.5, 0.6) is 0 Å². The topological polar surface area (TPSA) is 102 Å². The zero-order chi connectivity index (χ0) is 25.8. The molecular formula is C25H21F2N5O3S. The molecule has 0 unspecified atom stereocenters. The summed E-state index contributed by atoms with van der Waals surface area (Å²) >= 11 is 0. The van der Waals surface area contributed by atoms with Gasteiger partial charge in [-0.25, -0.2) is 17.2 Å². The van der Waals surface area contributed by atoms with E-state index in [-0.39, 0.29) is 16.1 Å². The lowest BCUT2D eigenvalue weighted by Crippen LogP contribution is -2.16. The van der Waals surface area contributed by atoms with E-state index in [4.69, 9.17) is 0 Å². The van der Waals surface area contributed by atoms with Crippen LogP contribution in [0.25, 0.3) is 33.3 Å². The number of pyridine rings is 1. The average Bonchev–Trinajstić information content (AvgIpc) is 3.44. The second-order valence-electron chi connectivity index (χ2n) is 8.56. The first-order chi connectivity index (χ1) is 17.0. The van der Waals surface area contributed by atoms with Crippen LogP contribution < -0.4 is 10.9 Å². The third-order valence-electron chi connectivity index (χ3n) is 5.89. The van der Waals surface area contributed by atoms with Crippen molar-refractivity contribution in [1.82, 2.24) is 19.3 Å². The molecule has 36 heavy (non-hydrogen) atoms. The Morgan fingerprint density at radius 3 is 2.39 bits per heavy atom. The van der Waals surface area contributed by atoms with Crippen molar-refractivity contribution in [2.75, 3.05) is 11.6 Å². The molecule has 0 radical (unpaired) electrons. The van der Waals surface area contributed by atoms with Gasteiger partial charge in [-0.1, -0.05) is 0 Å². The van der Waals surface area contributed by atoms with Crippen LogP contribution >= 0.6 is 0 Å². The Morgan fingerprint density at radius 1 is 0.972 bits per heavy atom. The van der Waals surface area contributed by atoms with Crippen LogP contribution in [-0.4, -0.2) is 34.0 Å². The maximum atomic E-state index is 14.4. The van der Waals surface area contributed by atoms with Crippen LogP contribution in [0.3, 0.4) is 0 Å². The Bertz CT molecular complexity index is 1820. The van der Waals surface area contributed by atoms with Gasteiger partial charge in [0.1, 0.15) is 17.2 Å². The molecule has 11 heteroatoms. The summed E-state index contributed by atoms with van der Waals surface area (Å²) in [5.41, 5.74) is 2.79. The minimum atomic E-state index is -3.58. The Morgan fingerprint density at radius 2 is 1.72 bits per heavy atom. The van der Waals surface area contributed by atoms with Crippen LogP contribution in [0.15, 0.2) is 70.7 Å². The molecule has 2 aromatic carbocycles. The molecule has 0 bridgehead atoms. The summed E-state index contributed by atoms with van der Waals surface area (Å²) in [4.78, 5) is 16.2. The van der Waals surface area contributed by atoms with Gasteiger partial charge in [-0.3, -0.25) is 9.48 Å². The van der Waals surface area contributed by atoms with E-state index >= 15 is 0 Å². The van der Waals surface area contributed by atoms with Gasteiger partial charge in [0.15, 0.2) is 9.84 Å². The van der Waals surface area contributed by atoms with E-state index < -0.39 is 21.5 Å². The molecule has 0 saturated carbocycles. The summed E-state index contributed by atoms with van der Waals surface area (Å²) in [5.74, 6) is -1.53. The molecule has 0 fully saturated rings. The smallest absolute Gasteiger partial charge is 0.274 e. The molecule has 0 amide bonds. The number of sulfone groups is 1. The highest BCUT2D eigenvalue weighted by Crippen LogP contribution is 2.37. The fourth-order valence-electron chi connectivity index (χ4n) is 4.09. The number of benzene rings is 2. The first-order valence-corrected chi connectivity index (χ1v) is 12.7. The van der Waals surface area contributed by atoms with Gasteiger partial charge in [0.05, 0.1) is 16.8 Å². The number of hydrogen-bond acceptors (Lipinski definition) is 5. The van der Waals surface area contributed by atoms with Crippen molar-refractivity contribution in [3.8, 4) is 22.4 Å². The second kappa shape index (κ2) is 8.45. The van der Waals surface area contributed by atoms with Crippen molar-refractivity contribution >= 4 is 32.1 Å². The van der Waals surface area contributed by atoms with Gasteiger partial charge < -0.3 is 14.9 Å². The SMILES string of the molecule is Cn1cc(-c2cc3c(-c4cc(S(C)(=O)=O)ccc4Nc4ccc(F)cc4F)cn(C)c(=O)c3[nH]2)cn1. The van der Waals surface area contributed by atoms with Crippen LogP contribution in [0.1, 0.15) is 0 Å². The molecule has 0 aliphatic heterocycles. The molecule has 2 N–H and O–H groups in total. The van der Waals surface area contributed by atoms with Gasteiger partial charge in [0.2, 0.25) is 0 Å². The Labute approximate surface area is 204 Å². The van der Waals surface area contributed by atoms with Crippen LogP contribution in [0.2, 0.25) is 0 Å². The first-order valence-electron chi connectivity index (χ1n) is 10.8. The number of hydrogen-bond donors (Lipinski definition) is 2. The van der Waals surface area contributed by atoms with E-state index in [1.165, 1.54) is 28.8 Å². The van der Waals surface area contributed by atoms with Gasteiger partial charge in [0, 0.05) is 72.3 Å². The lowest BCUT2D eigenvalue weighted by molar-refractivity contribution is 0.586. The number of aryl methyl sites for hydroxylation is 2. The summed E-state index contributed by atoms with van der Waals surface area (Å²) in [5, 5.41) is 7.66. The molecule has 5 aromatic rings. The molecule has 8 nitrogen and oxygen atoms in total. The third kappa shape index (κ3) is 4.17. The summed E-state index contributed by atoms with van der Waals surface area (Å²) in [6, 6.07) is 9.30. The zero-order valence-electron chi connectivity index (χ0n) is 19.5. The van der Waals surface area contributed by atoms with E-state index in [1.807, 2.05) is 0 Å². The van der Waals surface area contributed by atoms with Crippen molar-refractivity contribution in [2.45, 2.75) is 4.90 Å². The molecular weight excluding hydrogens is 488 g/mol. The number of nitrogens with one attached hydrogen (secondary N) is 2. The van der Waals surface area contributed by atoms with E-state index in [2.05, 4.69) is 15.4 Å². The molecule has 0 saturated heterocycles. The quantitative estimate of drug-likeness (QED) is 0.367. The molecule has 184 valence electrons. The molecule has 0 spiro atoms. The van der Waals surface area contributed by atoms with E-state index in [9.17, 15) is 22.0 Å². The average molecular weight is 510 g/mol. The molecule has 3 aromatic heterocycles. The molecule has 5 rings (SSSR count). The molecule has 0 aliphatic carbocycles. The number of fused-ring (bicyclic) bond motifs is 1. The lowest BCUT2D eigenvalue weighted by Gasteiger charge is -2.16. The number of halogens is 2. The van der Waals surface area contributed by atoms with Crippen molar-refractivity contribution in [3.63, 3.8) is 0 Å². The fraction of sp³-hybridized carbons (Fsp3) is 0.120. The standard InChI is InChI=1S/C25H21F2N5O3S/c1-31-13-19(18-10-23(30-24(18)25(31)33)14-11-28-32(2)12-14)17-9-16(36(3,34)35)5-7-21(17)29-22-6-4-15(26)8-20(22)27/h4-13,29-30H,1-3H3. The summed E-state index contributed by atoms with van der Waals surface area (Å²) < 4.78 is 55.6. The summed E-state index contributed by atoms with van der Waals surface area (Å²) in [6.07, 6.45) is 6.14. The lowest BCUT2D eigenvalue weighted by atomic mass is 10.0. The molecule has 3 heterocycles. The number of nitrogens with zero attached hydrogens (tertiary/aromatic N) is 3. The summed E-state index contributed by atoms with van der Waals surface area (Å²) in [6.45, 7) is 0. The van der Waals surface area contributed by atoms with Crippen LogP contribution in [0, 0.1) is 11.6 Å². The van der Waals surface area contributed by atoms with E-state index in [1.54, 1.807) is 43.4 Å². The molecule has 0 aliphatic rings. The minimum absolute atomic E-state index is 0.0101. The normalized spacial score (nSPS) is 11.8. The monoisotopic (exact) mass is 509 g/mol. The van der Waals surface area contributed by atoms with Crippen molar-refractivity contribution in [1.29, 1.82) is 0 Å². The fourth-order valence-corrected chi connectivity index (χ4v) is 4.73. The highest BCUT2D eigenvalue weighted by Gasteiger charge is 2.19. The Hall–Kier alpha value is -4.25. The van der Waals surface area contributed by atoms with Crippen LogP contribution in [-0.2, 0) is 23.9 Å². The van der Waals surface area contributed by atoms with Crippen LogP contribution in [0.4, 0.5) is 20.2 Å². The zero-order valence-corrected chi connectivity index (χ0v) is 20.3. The Balaban J connectivity index is 1.78. The van der Waals surface area contributed by atoms with Gasteiger partial charge in [-0.15, -0.1) is 0 Å². The van der Waals surface area contributed by atoms with E-state index in [0.717, 1.165) is 24.0 Å². The second-order valence-corrected chi connectivity index (χ2v) is 10.6. The maximum Gasteiger partial charge on any atom is 0.274 e.